The molecular formula is C13H24N4O. The lowest BCUT2D eigenvalue weighted by Gasteiger charge is -2.21. The first kappa shape index (κ1) is 13.5. The SMILES string of the molecule is CC(C)CNCc1ncn(CC2CCOCC2)n1. The van der Waals surface area contributed by atoms with Gasteiger partial charge in [0.05, 0.1) is 6.54 Å². The molecule has 1 N–H and O–H groups in total. The molecule has 1 aliphatic heterocycles. The van der Waals surface area contributed by atoms with Gasteiger partial charge in [-0.05, 0) is 31.2 Å². The first-order valence-electron chi connectivity index (χ1n) is 6.91. The minimum absolute atomic E-state index is 0.661. The van der Waals surface area contributed by atoms with Crippen LogP contribution in [-0.4, -0.2) is 34.5 Å². The summed E-state index contributed by atoms with van der Waals surface area (Å²) in [5.74, 6) is 2.24. The van der Waals surface area contributed by atoms with Crippen molar-refractivity contribution in [3.63, 3.8) is 0 Å². The van der Waals surface area contributed by atoms with E-state index in [0.29, 0.717) is 11.8 Å². The zero-order valence-corrected chi connectivity index (χ0v) is 11.4. The zero-order chi connectivity index (χ0) is 12.8. The molecule has 1 aromatic rings. The summed E-state index contributed by atoms with van der Waals surface area (Å²) in [6, 6.07) is 0. The normalized spacial score (nSPS) is 17.5. The molecule has 5 heteroatoms. The lowest BCUT2D eigenvalue weighted by molar-refractivity contribution is 0.0601. The number of rotatable bonds is 6. The van der Waals surface area contributed by atoms with Crippen molar-refractivity contribution in [2.75, 3.05) is 19.8 Å². The van der Waals surface area contributed by atoms with E-state index in [0.717, 1.165) is 51.5 Å². The zero-order valence-electron chi connectivity index (χ0n) is 11.4. The van der Waals surface area contributed by atoms with Crippen LogP contribution in [-0.2, 0) is 17.8 Å². The van der Waals surface area contributed by atoms with Crippen LogP contribution in [0.2, 0.25) is 0 Å². The van der Waals surface area contributed by atoms with E-state index in [4.69, 9.17) is 4.74 Å². The van der Waals surface area contributed by atoms with E-state index in [1.165, 1.54) is 0 Å². The van der Waals surface area contributed by atoms with Crippen LogP contribution in [0.3, 0.4) is 0 Å². The van der Waals surface area contributed by atoms with E-state index in [1.807, 2.05) is 11.0 Å². The van der Waals surface area contributed by atoms with E-state index >= 15 is 0 Å². The van der Waals surface area contributed by atoms with Gasteiger partial charge in [-0.15, -0.1) is 0 Å². The molecule has 1 saturated heterocycles. The Morgan fingerprint density at radius 3 is 2.94 bits per heavy atom. The lowest BCUT2D eigenvalue weighted by atomic mass is 10.0. The highest BCUT2D eigenvalue weighted by atomic mass is 16.5. The molecule has 2 heterocycles. The fourth-order valence-corrected chi connectivity index (χ4v) is 2.17. The Morgan fingerprint density at radius 1 is 1.44 bits per heavy atom. The fraction of sp³-hybridized carbons (Fsp3) is 0.846. The minimum atomic E-state index is 0.661. The molecule has 0 unspecified atom stereocenters. The standard InChI is InChI=1S/C13H24N4O/c1-11(2)7-14-8-13-15-10-17(16-13)9-12-3-5-18-6-4-12/h10-12,14H,3-9H2,1-2H3. The van der Waals surface area contributed by atoms with Gasteiger partial charge in [0.25, 0.3) is 0 Å². The van der Waals surface area contributed by atoms with Crippen molar-refractivity contribution < 1.29 is 4.74 Å². The average Bonchev–Trinajstić information content (AvgIpc) is 2.78. The van der Waals surface area contributed by atoms with Gasteiger partial charge in [0.15, 0.2) is 5.82 Å². The predicted octanol–water partition coefficient (Wildman–Crippen LogP) is 1.45. The summed E-state index contributed by atoms with van der Waals surface area (Å²) >= 11 is 0. The van der Waals surface area contributed by atoms with Crippen LogP contribution in [0.4, 0.5) is 0 Å². The van der Waals surface area contributed by atoms with E-state index < -0.39 is 0 Å². The molecule has 0 saturated carbocycles. The highest BCUT2D eigenvalue weighted by Gasteiger charge is 2.15. The van der Waals surface area contributed by atoms with Gasteiger partial charge in [-0.1, -0.05) is 13.8 Å². The van der Waals surface area contributed by atoms with Gasteiger partial charge in [0, 0.05) is 19.8 Å². The molecule has 0 radical (unpaired) electrons. The van der Waals surface area contributed by atoms with E-state index in [-0.39, 0.29) is 0 Å². The number of nitrogens with zero attached hydrogens (tertiary/aromatic N) is 3. The Hall–Kier alpha value is -0.940. The van der Waals surface area contributed by atoms with Crippen LogP contribution in [0.5, 0.6) is 0 Å². The maximum atomic E-state index is 5.36. The molecule has 5 nitrogen and oxygen atoms in total. The van der Waals surface area contributed by atoms with E-state index in [2.05, 4.69) is 29.2 Å². The summed E-state index contributed by atoms with van der Waals surface area (Å²) in [5.41, 5.74) is 0. The maximum absolute atomic E-state index is 5.36. The van der Waals surface area contributed by atoms with Crippen LogP contribution in [0, 0.1) is 11.8 Å². The third kappa shape index (κ3) is 4.38. The molecule has 18 heavy (non-hydrogen) atoms. The molecule has 0 aliphatic carbocycles. The summed E-state index contributed by atoms with van der Waals surface area (Å²) in [6.45, 7) is 8.92. The summed E-state index contributed by atoms with van der Waals surface area (Å²) in [7, 11) is 0. The van der Waals surface area contributed by atoms with Crippen molar-refractivity contribution in [2.45, 2.75) is 39.8 Å². The molecule has 0 spiro atoms. The third-order valence-corrected chi connectivity index (χ3v) is 3.21. The average molecular weight is 252 g/mol. The molecule has 102 valence electrons. The third-order valence-electron chi connectivity index (χ3n) is 3.21. The Kier molecular flexibility index (Phi) is 5.13. The number of hydrogen-bond donors (Lipinski definition) is 1. The molecule has 1 aliphatic rings. The maximum Gasteiger partial charge on any atom is 0.164 e. The van der Waals surface area contributed by atoms with Gasteiger partial charge in [0.2, 0.25) is 0 Å². The largest absolute Gasteiger partial charge is 0.381 e. The van der Waals surface area contributed by atoms with Crippen LogP contribution in [0.25, 0.3) is 0 Å². The van der Waals surface area contributed by atoms with Crippen molar-refractivity contribution in [1.82, 2.24) is 20.1 Å². The molecule has 0 bridgehead atoms. The minimum Gasteiger partial charge on any atom is -0.381 e. The number of hydrogen-bond acceptors (Lipinski definition) is 4. The molecule has 0 atom stereocenters. The van der Waals surface area contributed by atoms with Gasteiger partial charge >= 0.3 is 0 Å². The van der Waals surface area contributed by atoms with Crippen molar-refractivity contribution >= 4 is 0 Å². The molecule has 2 rings (SSSR count). The Balaban J connectivity index is 1.74. The quantitative estimate of drug-likeness (QED) is 0.832. The van der Waals surface area contributed by atoms with Crippen LogP contribution in [0.15, 0.2) is 6.33 Å². The van der Waals surface area contributed by atoms with E-state index in [9.17, 15) is 0 Å². The fourth-order valence-electron chi connectivity index (χ4n) is 2.17. The van der Waals surface area contributed by atoms with Crippen molar-refractivity contribution in [1.29, 1.82) is 0 Å². The first-order valence-corrected chi connectivity index (χ1v) is 6.91. The number of ether oxygens (including phenoxy) is 1. The molecule has 0 amide bonds. The van der Waals surface area contributed by atoms with Crippen molar-refractivity contribution in [2.24, 2.45) is 11.8 Å². The Bertz CT molecular complexity index is 345. The number of nitrogens with one attached hydrogen (secondary N) is 1. The van der Waals surface area contributed by atoms with Gasteiger partial charge < -0.3 is 10.1 Å². The second-order valence-electron chi connectivity index (χ2n) is 5.46. The molecule has 1 aromatic heterocycles. The molecule has 1 fully saturated rings. The van der Waals surface area contributed by atoms with Gasteiger partial charge in [-0.25, -0.2) is 4.98 Å². The van der Waals surface area contributed by atoms with Gasteiger partial charge in [0.1, 0.15) is 6.33 Å². The second-order valence-corrected chi connectivity index (χ2v) is 5.46. The summed E-state index contributed by atoms with van der Waals surface area (Å²) in [6.07, 6.45) is 4.13. The number of aromatic nitrogens is 3. The lowest BCUT2D eigenvalue weighted by Crippen LogP contribution is -2.21. The predicted molar refractivity (Wildman–Crippen MR) is 70.1 cm³/mol. The van der Waals surface area contributed by atoms with Gasteiger partial charge in [-0.2, -0.15) is 5.10 Å². The first-order chi connectivity index (χ1) is 8.74. The highest BCUT2D eigenvalue weighted by Crippen LogP contribution is 2.16. The summed E-state index contributed by atoms with van der Waals surface area (Å²) in [4.78, 5) is 4.34. The smallest absolute Gasteiger partial charge is 0.164 e. The molecular weight excluding hydrogens is 228 g/mol. The van der Waals surface area contributed by atoms with Crippen molar-refractivity contribution in [3.05, 3.63) is 12.2 Å². The molecule has 0 aromatic carbocycles. The van der Waals surface area contributed by atoms with Crippen LogP contribution >= 0.6 is 0 Å². The highest BCUT2D eigenvalue weighted by molar-refractivity contribution is 4.81. The second kappa shape index (κ2) is 6.85. The van der Waals surface area contributed by atoms with Crippen molar-refractivity contribution in [3.8, 4) is 0 Å². The van der Waals surface area contributed by atoms with Gasteiger partial charge in [-0.3, -0.25) is 4.68 Å². The van der Waals surface area contributed by atoms with Crippen LogP contribution in [0.1, 0.15) is 32.5 Å². The topological polar surface area (TPSA) is 52.0 Å². The Morgan fingerprint density at radius 2 is 2.22 bits per heavy atom. The monoisotopic (exact) mass is 252 g/mol. The Labute approximate surface area is 109 Å². The summed E-state index contributed by atoms with van der Waals surface area (Å²) in [5, 5.41) is 7.86. The summed E-state index contributed by atoms with van der Waals surface area (Å²) < 4.78 is 7.34. The van der Waals surface area contributed by atoms with E-state index in [1.54, 1.807) is 0 Å². The van der Waals surface area contributed by atoms with Crippen LogP contribution < -0.4 is 5.32 Å².